The van der Waals surface area contributed by atoms with Gasteiger partial charge in [0.25, 0.3) is 0 Å². The van der Waals surface area contributed by atoms with Crippen LogP contribution < -0.4 is 10.2 Å². The lowest BCUT2D eigenvalue weighted by Crippen LogP contribution is -2.44. The molecule has 120 valence electrons. The molecule has 0 bridgehead atoms. The van der Waals surface area contributed by atoms with E-state index in [-0.39, 0.29) is 6.04 Å². The lowest BCUT2D eigenvalue weighted by molar-refractivity contribution is 0.254. The van der Waals surface area contributed by atoms with Crippen molar-refractivity contribution in [3.05, 3.63) is 23.3 Å². The molecule has 0 saturated carbocycles. The maximum atomic E-state index is 5.37. The molecule has 1 atom stereocenters. The van der Waals surface area contributed by atoms with E-state index in [4.69, 9.17) is 4.52 Å². The second kappa shape index (κ2) is 6.75. The number of aryl methyl sites for hydroxylation is 1. The third-order valence-corrected chi connectivity index (χ3v) is 4.91. The summed E-state index contributed by atoms with van der Waals surface area (Å²) in [6.45, 7) is 8.30. The molecule has 0 amide bonds. The predicted molar refractivity (Wildman–Crippen MR) is 87.1 cm³/mol. The SMILES string of the molecule is Cc1noc(C(NC2CCN(c3nccs3)CC2)C(C)C)n1. The first kappa shape index (κ1) is 15.4. The molecule has 1 aliphatic rings. The fraction of sp³-hybridized carbons (Fsp3) is 0.667. The minimum Gasteiger partial charge on any atom is -0.348 e. The molecule has 0 aliphatic carbocycles. The third kappa shape index (κ3) is 3.47. The van der Waals surface area contributed by atoms with E-state index >= 15 is 0 Å². The van der Waals surface area contributed by atoms with E-state index < -0.39 is 0 Å². The number of rotatable bonds is 5. The van der Waals surface area contributed by atoms with Crippen LogP contribution in [-0.2, 0) is 0 Å². The summed E-state index contributed by atoms with van der Waals surface area (Å²) in [5, 5.41) is 10.8. The zero-order chi connectivity index (χ0) is 15.5. The molecule has 22 heavy (non-hydrogen) atoms. The standard InChI is InChI=1S/C15H23N5OS/c1-10(2)13(14-17-11(3)19-21-14)18-12-4-7-20(8-5-12)15-16-6-9-22-15/h6,9-10,12-13,18H,4-5,7-8H2,1-3H3. The molecule has 0 radical (unpaired) electrons. The Morgan fingerprint density at radius 1 is 1.36 bits per heavy atom. The molecule has 0 spiro atoms. The van der Waals surface area contributed by atoms with Gasteiger partial charge in [0.15, 0.2) is 11.0 Å². The van der Waals surface area contributed by atoms with E-state index in [1.165, 1.54) is 0 Å². The minimum atomic E-state index is 0.123. The highest BCUT2D eigenvalue weighted by Crippen LogP contribution is 2.25. The molecule has 3 rings (SSSR count). The average Bonchev–Trinajstić information content (AvgIpc) is 3.16. The van der Waals surface area contributed by atoms with Crippen molar-refractivity contribution in [3.63, 3.8) is 0 Å². The van der Waals surface area contributed by atoms with Crippen LogP contribution in [-0.4, -0.2) is 34.3 Å². The summed E-state index contributed by atoms with van der Waals surface area (Å²) < 4.78 is 5.37. The Kier molecular flexibility index (Phi) is 4.73. The summed E-state index contributed by atoms with van der Waals surface area (Å²) in [6, 6.07) is 0.605. The molecule has 2 aromatic heterocycles. The van der Waals surface area contributed by atoms with Gasteiger partial charge in [-0.3, -0.25) is 0 Å². The maximum Gasteiger partial charge on any atom is 0.244 e. The molecule has 2 aromatic rings. The largest absolute Gasteiger partial charge is 0.348 e. The lowest BCUT2D eigenvalue weighted by atomic mass is 9.99. The van der Waals surface area contributed by atoms with E-state index in [1.54, 1.807) is 11.3 Å². The Morgan fingerprint density at radius 3 is 2.68 bits per heavy atom. The molecule has 1 N–H and O–H groups in total. The van der Waals surface area contributed by atoms with E-state index in [9.17, 15) is 0 Å². The monoisotopic (exact) mass is 321 g/mol. The van der Waals surface area contributed by atoms with Gasteiger partial charge in [0, 0.05) is 30.7 Å². The molecule has 7 heteroatoms. The van der Waals surface area contributed by atoms with Crippen molar-refractivity contribution in [2.75, 3.05) is 18.0 Å². The number of anilines is 1. The summed E-state index contributed by atoms with van der Waals surface area (Å²) >= 11 is 1.71. The van der Waals surface area contributed by atoms with Crippen molar-refractivity contribution in [2.24, 2.45) is 5.92 Å². The van der Waals surface area contributed by atoms with E-state index in [2.05, 4.69) is 39.2 Å². The van der Waals surface area contributed by atoms with Gasteiger partial charge in [-0.2, -0.15) is 4.98 Å². The van der Waals surface area contributed by atoms with Crippen molar-refractivity contribution in [1.82, 2.24) is 20.4 Å². The van der Waals surface area contributed by atoms with Crippen LogP contribution in [0, 0.1) is 12.8 Å². The molecular formula is C15H23N5OS. The highest BCUT2D eigenvalue weighted by molar-refractivity contribution is 7.13. The Balaban J connectivity index is 1.58. The summed E-state index contributed by atoms with van der Waals surface area (Å²) in [5.41, 5.74) is 0. The maximum absolute atomic E-state index is 5.37. The first-order chi connectivity index (χ1) is 10.6. The Bertz CT molecular complexity index is 575. The van der Waals surface area contributed by atoms with Crippen molar-refractivity contribution in [3.8, 4) is 0 Å². The van der Waals surface area contributed by atoms with Gasteiger partial charge in [0.1, 0.15) is 0 Å². The number of hydrogen-bond donors (Lipinski definition) is 1. The average molecular weight is 321 g/mol. The zero-order valence-electron chi connectivity index (χ0n) is 13.3. The number of nitrogens with zero attached hydrogens (tertiary/aromatic N) is 4. The molecule has 3 heterocycles. The van der Waals surface area contributed by atoms with Crippen molar-refractivity contribution >= 4 is 16.5 Å². The van der Waals surface area contributed by atoms with Gasteiger partial charge in [-0.05, 0) is 25.7 Å². The summed E-state index contributed by atoms with van der Waals surface area (Å²) in [4.78, 5) is 11.2. The first-order valence-electron chi connectivity index (χ1n) is 7.84. The molecule has 1 saturated heterocycles. The number of piperidine rings is 1. The smallest absolute Gasteiger partial charge is 0.244 e. The van der Waals surface area contributed by atoms with Gasteiger partial charge in [0.2, 0.25) is 5.89 Å². The first-order valence-corrected chi connectivity index (χ1v) is 8.72. The van der Waals surface area contributed by atoms with Crippen LogP contribution in [0.5, 0.6) is 0 Å². The molecule has 1 fully saturated rings. The predicted octanol–water partition coefficient (Wildman–Crippen LogP) is 2.79. The van der Waals surface area contributed by atoms with Crippen LogP contribution in [0.15, 0.2) is 16.1 Å². The van der Waals surface area contributed by atoms with Crippen molar-refractivity contribution < 1.29 is 4.52 Å². The van der Waals surface area contributed by atoms with Crippen LogP contribution in [0.3, 0.4) is 0 Å². The number of nitrogens with one attached hydrogen (secondary N) is 1. The number of thiazole rings is 1. The van der Waals surface area contributed by atoms with Gasteiger partial charge >= 0.3 is 0 Å². The molecular weight excluding hydrogens is 298 g/mol. The van der Waals surface area contributed by atoms with Crippen LogP contribution in [0.2, 0.25) is 0 Å². The van der Waals surface area contributed by atoms with Gasteiger partial charge in [-0.15, -0.1) is 11.3 Å². The second-order valence-corrected chi connectivity index (χ2v) is 7.02. The number of hydrogen-bond acceptors (Lipinski definition) is 7. The normalized spacial score (nSPS) is 18.1. The van der Waals surface area contributed by atoms with Crippen LogP contribution >= 0.6 is 11.3 Å². The van der Waals surface area contributed by atoms with Crippen LogP contribution in [0.1, 0.15) is 44.4 Å². The highest BCUT2D eigenvalue weighted by atomic mass is 32.1. The van der Waals surface area contributed by atoms with Crippen molar-refractivity contribution in [2.45, 2.75) is 45.7 Å². The van der Waals surface area contributed by atoms with Crippen LogP contribution in [0.25, 0.3) is 0 Å². The third-order valence-electron chi connectivity index (χ3n) is 4.08. The Morgan fingerprint density at radius 2 is 2.14 bits per heavy atom. The highest BCUT2D eigenvalue weighted by Gasteiger charge is 2.27. The van der Waals surface area contributed by atoms with Gasteiger partial charge in [-0.1, -0.05) is 19.0 Å². The summed E-state index contributed by atoms with van der Waals surface area (Å²) in [6.07, 6.45) is 4.09. The molecule has 1 aliphatic heterocycles. The zero-order valence-corrected chi connectivity index (χ0v) is 14.1. The minimum absolute atomic E-state index is 0.123. The fourth-order valence-corrected chi connectivity index (χ4v) is 3.55. The molecule has 6 nitrogen and oxygen atoms in total. The van der Waals surface area contributed by atoms with E-state index in [0.717, 1.165) is 31.1 Å². The summed E-state index contributed by atoms with van der Waals surface area (Å²) in [7, 11) is 0. The molecule has 0 aromatic carbocycles. The number of aromatic nitrogens is 3. The Hall–Kier alpha value is -1.47. The van der Waals surface area contributed by atoms with Crippen LogP contribution in [0.4, 0.5) is 5.13 Å². The van der Waals surface area contributed by atoms with Crippen molar-refractivity contribution in [1.29, 1.82) is 0 Å². The molecule has 1 unspecified atom stereocenters. The Labute approximate surface area is 134 Å². The van der Waals surface area contributed by atoms with E-state index in [0.29, 0.717) is 23.7 Å². The van der Waals surface area contributed by atoms with Gasteiger partial charge < -0.3 is 14.7 Å². The summed E-state index contributed by atoms with van der Waals surface area (Å²) in [5.74, 6) is 1.81. The topological polar surface area (TPSA) is 67.1 Å². The lowest BCUT2D eigenvalue weighted by Gasteiger charge is -2.34. The fourth-order valence-electron chi connectivity index (χ4n) is 2.85. The van der Waals surface area contributed by atoms with Gasteiger partial charge in [-0.25, -0.2) is 4.98 Å². The van der Waals surface area contributed by atoms with Gasteiger partial charge in [0.05, 0.1) is 6.04 Å². The quantitative estimate of drug-likeness (QED) is 0.913. The second-order valence-electron chi connectivity index (χ2n) is 6.14. The van der Waals surface area contributed by atoms with E-state index in [1.807, 2.05) is 18.5 Å².